The van der Waals surface area contributed by atoms with Crippen LogP contribution in [-0.2, 0) is 16.1 Å². The van der Waals surface area contributed by atoms with Crippen molar-refractivity contribution in [2.75, 3.05) is 6.54 Å². The summed E-state index contributed by atoms with van der Waals surface area (Å²) >= 11 is 0. The molecular formula is C11H17N3O3. The molecule has 0 bridgehead atoms. The van der Waals surface area contributed by atoms with Crippen molar-refractivity contribution in [3.05, 3.63) is 18.7 Å². The Morgan fingerprint density at radius 3 is 2.76 bits per heavy atom. The average molecular weight is 239 g/mol. The maximum atomic E-state index is 11.4. The van der Waals surface area contributed by atoms with Crippen molar-refractivity contribution in [2.45, 2.75) is 32.2 Å². The molecule has 1 heterocycles. The van der Waals surface area contributed by atoms with Crippen LogP contribution in [0.5, 0.6) is 0 Å². The van der Waals surface area contributed by atoms with Crippen molar-refractivity contribution in [1.82, 2.24) is 14.9 Å². The number of amides is 1. The Hall–Kier alpha value is -1.85. The van der Waals surface area contributed by atoms with Gasteiger partial charge in [-0.2, -0.15) is 0 Å². The molecule has 0 atom stereocenters. The number of carbonyl (C=O) groups excluding carboxylic acids is 1. The Bertz CT molecular complexity index is 349. The van der Waals surface area contributed by atoms with Crippen LogP contribution in [0.25, 0.3) is 0 Å². The lowest BCUT2D eigenvalue weighted by molar-refractivity contribution is -0.137. The van der Waals surface area contributed by atoms with E-state index in [0.717, 1.165) is 0 Å². The van der Waals surface area contributed by atoms with Crippen molar-refractivity contribution < 1.29 is 14.7 Å². The predicted octanol–water partition coefficient (Wildman–Crippen LogP) is 0.644. The molecule has 6 nitrogen and oxygen atoms in total. The second-order valence-corrected chi connectivity index (χ2v) is 3.75. The van der Waals surface area contributed by atoms with Crippen molar-refractivity contribution in [3.63, 3.8) is 0 Å². The second-order valence-electron chi connectivity index (χ2n) is 3.75. The van der Waals surface area contributed by atoms with Gasteiger partial charge in [-0.3, -0.25) is 9.59 Å². The molecule has 0 fully saturated rings. The van der Waals surface area contributed by atoms with Crippen molar-refractivity contribution >= 4 is 11.9 Å². The number of carboxylic acids is 1. The zero-order valence-electron chi connectivity index (χ0n) is 9.63. The quantitative estimate of drug-likeness (QED) is 0.652. The van der Waals surface area contributed by atoms with Gasteiger partial charge in [-0.05, 0) is 12.8 Å². The van der Waals surface area contributed by atoms with Crippen LogP contribution in [0.1, 0.15) is 25.7 Å². The standard InChI is InChI=1S/C11H17N3O3/c15-10(4-7-14-8-6-12-9-14)13-5-2-1-3-11(16)17/h6,8-9H,1-5,7H2,(H,13,15)(H,16,17). The largest absolute Gasteiger partial charge is 0.481 e. The number of aryl methyl sites for hydroxylation is 1. The summed E-state index contributed by atoms with van der Waals surface area (Å²) in [5.74, 6) is -0.814. The minimum atomic E-state index is -0.795. The van der Waals surface area contributed by atoms with E-state index in [2.05, 4.69) is 10.3 Å². The number of hydrogen-bond donors (Lipinski definition) is 2. The third-order valence-corrected chi connectivity index (χ3v) is 2.30. The fourth-order valence-corrected chi connectivity index (χ4v) is 1.37. The van der Waals surface area contributed by atoms with E-state index in [0.29, 0.717) is 32.4 Å². The molecule has 0 saturated heterocycles. The zero-order valence-corrected chi connectivity index (χ0v) is 9.63. The van der Waals surface area contributed by atoms with Gasteiger partial charge in [0.1, 0.15) is 0 Å². The molecule has 2 N–H and O–H groups in total. The first-order valence-electron chi connectivity index (χ1n) is 5.62. The number of rotatable bonds is 8. The Labute approximate surface area is 99.7 Å². The molecule has 0 aromatic carbocycles. The Morgan fingerprint density at radius 1 is 1.29 bits per heavy atom. The summed E-state index contributed by atoms with van der Waals surface area (Å²) < 4.78 is 1.84. The van der Waals surface area contributed by atoms with Gasteiger partial charge < -0.3 is 15.0 Å². The lowest BCUT2D eigenvalue weighted by Gasteiger charge is -2.05. The molecule has 1 aromatic rings. The summed E-state index contributed by atoms with van der Waals surface area (Å²) in [4.78, 5) is 25.5. The first-order chi connectivity index (χ1) is 8.18. The predicted molar refractivity (Wildman–Crippen MR) is 61.3 cm³/mol. The lowest BCUT2D eigenvalue weighted by Crippen LogP contribution is -2.25. The summed E-state index contributed by atoms with van der Waals surface area (Å²) in [5.41, 5.74) is 0. The van der Waals surface area contributed by atoms with Crippen LogP contribution in [0.15, 0.2) is 18.7 Å². The maximum absolute atomic E-state index is 11.4. The van der Waals surface area contributed by atoms with E-state index in [-0.39, 0.29) is 12.3 Å². The minimum absolute atomic E-state index is 0.0194. The highest BCUT2D eigenvalue weighted by Crippen LogP contribution is 1.94. The van der Waals surface area contributed by atoms with E-state index in [4.69, 9.17) is 5.11 Å². The van der Waals surface area contributed by atoms with Crippen LogP contribution in [0.2, 0.25) is 0 Å². The number of carbonyl (C=O) groups is 2. The third-order valence-electron chi connectivity index (χ3n) is 2.30. The zero-order chi connectivity index (χ0) is 12.5. The molecule has 1 amide bonds. The van der Waals surface area contributed by atoms with E-state index < -0.39 is 5.97 Å². The first-order valence-corrected chi connectivity index (χ1v) is 5.62. The van der Waals surface area contributed by atoms with Gasteiger partial charge in [-0.25, -0.2) is 4.98 Å². The number of aliphatic carboxylic acids is 1. The number of imidazole rings is 1. The first kappa shape index (κ1) is 13.2. The molecule has 17 heavy (non-hydrogen) atoms. The molecule has 6 heteroatoms. The van der Waals surface area contributed by atoms with E-state index >= 15 is 0 Å². The van der Waals surface area contributed by atoms with E-state index in [9.17, 15) is 9.59 Å². The number of carboxylic acid groups (broad SMARTS) is 1. The van der Waals surface area contributed by atoms with Crippen LogP contribution < -0.4 is 5.32 Å². The molecule has 1 aromatic heterocycles. The molecular weight excluding hydrogens is 222 g/mol. The Morgan fingerprint density at radius 2 is 2.12 bits per heavy atom. The molecule has 0 saturated carbocycles. The van der Waals surface area contributed by atoms with Gasteiger partial charge in [-0.1, -0.05) is 0 Å². The number of hydrogen-bond acceptors (Lipinski definition) is 3. The van der Waals surface area contributed by atoms with Gasteiger partial charge >= 0.3 is 5.97 Å². The fraction of sp³-hybridized carbons (Fsp3) is 0.545. The fourth-order valence-electron chi connectivity index (χ4n) is 1.37. The minimum Gasteiger partial charge on any atom is -0.481 e. The van der Waals surface area contributed by atoms with Crippen LogP contribution in [0.4, 0.5) is 0 Å². The Kier molecular flexibility index (Phi) is 5.77. The van der Waals surface area contributed by atoms with Gasteiger partial charge in [0, 0.05) is 38.3 Å². The normalized spacial score (nSPS) is 10.1. The van der Waals surface area contributed by atoms with Gasteiger partial charge in [-0.15, -0.1) is 0 Å². The highest BCUT2D eigenvalue weighted by atomic mass is 16.4. The third kappa shape index (κ3) is 6.34. The summed E-state index contributed by atoms with van der Waals surface area (Å²) in [6.45, 7) is 1.15. The lowest BCUT2D eigenvalue weighted by atomic mass is 10.2. The van der Waals surface area contributed by atoms with Crippen molar-refractivity contribution in [1.29, 1.82) is 0 Å². The van der Waals surface area contributed by atoms with Crippen LogP contribution >= 0.6 is 0 Å². The summed E-state index contributed by atoms with van der Waals surface area (Å²) in [7, 11) is 0. The molecule has 1 rings (SSSR count). The van der Waals surface area contributed by atoms with E-state index in [1.807, 2.05) is 4.57 Å². The average Bonchev–Trinajstić information content (AvgIpc) is 2.78. The highest BCUT2D eigenvalue weighted by Gasteiger charge is 2.01. The molecule has 0 radical (unpaired) electrons. The topological polar surface area (TPSA) is 84.2 Å². The number of aromatic nitrogens is 2. The smallest absolute Gasteiger partial charge is 0.303 e. The summed E-state index contributed by atoms with van der Waals surface area (Å²) in [6, 6.07) is 0. The molecule has 0 aliphatic heterocycles. The molecule has 94 valence electrons. The summed E-state index contributed by atoms with van der Waals surface area (Å²) in [6.07, 6.45) is 7.00. The van der Waals surface area contributed by atoms with Crippen LogP contribution in [0.3, 0.4) is 0 Å². The summed E-state index contributed by atoms with van der Waals surface area (Å²) in [5, 5.41) is 11.2. The molecule has 0 aliphatic rings. The van der Waals surface area contributed by atoms with E-state index in [1.54, 1.807) is 18.7 Å². The van der Waals surface area contributed by atoms with Gasteiger partial charge in [0.05, 0.1) is 6.33 Å². The number of nitrogens with zero attached hydrogens (tertiary/aromatic N) is 2. The van der Waals surface area contributed by atoms with Gasteiger partial charge in [0.2, 0.25) is 5.91 Å². The van der Waals surface area contributed by atoms with Crippen molar-refractivity contribution in [2.24, 2.45) is 0 Å². The highest BCUT2D eigenvalue weighted by molar-refractivity contribution is 5.75. The maximum Gasteiger partial charge on any atom is 0.303 e. The van der Waals surface area contributed by atoms with Crippen molar-refractivity contribution in [3.8, 4) is 0 Å². The SMILES string of the molecule is O=C(O)CCCCNC(=O)CCn1ccnc1. The van der Waals surface area contributed by atoms with Gasteiger partial charge in [0.25, 0.3) is 0 Å². The number of unbranched alkanes of at least 4 members (excludes halogenated alkanes) is 1. The van der Waals surface area contributed by atoms with Crippen LogP contribution in [-0.4, -0.2) is 33.1 Å². The molecule has 0 spiro atoms. The van der Waals surface area contributed by atoms with E-state index in [1.165, 1.54) is 0 Å². The Balaban J connectivity index is 2.00. The van der Waals surface area contributed by atoms with Gasteiger partial charge in [0.15, 0.2) is 0 Å². The number of nitrogens with one attached hydrogen (secondary N) is 1. The second kappa shape index (κ2) is 7.43. The molecule has 0 unspecified atom stereocenters. The molecule has 0 aliphatic carbocycles. The van der Waals surface area contributed by atoms with Crippen LogP contribution in [0, 0.1) is 0 Å². The monoisotopic (exact) mass is 239 g/mol.